The fourth-order valence-corrected chi connectivity index (χ4v) is 0.736. The summed E-state index contributed by atoms with van der Waals surface area (Å²) in [6, 6.07) is 0. The SMILES string of the molecule is ClC1=[NH+]CCNC1. The van der Waals surface area contributed by atoms with Crippen LogP contribution < -0.4 is 10.3 Å². The van der Waals surface area contributed by atoms with Crippen LogP contribution in [0.25, 0.3) is 0 Å². The molecule has 0 fully saturated rings. The molecule has 0 aromatic rings. The molecule has 0 saturated heterocycles. The molecule has 0 radical (unpaired) electrons. The first kappa shape index (κ1) is 5.06. The molecule has 0 atom stereocenters. The zero-order valence-electron chi connectivity index (χ0n) is 4.00. The maximum Gasteiger partial charge on any atom is 0.257 e. The predicted molar refractivity (Wildman–Crippen MR) is 29.6 cm³/mol. The first-order valence-electron chi connectivity index (χ1n) is 2.35. The van der Waals surface area contributed by atoms with Crippen molar-refractivity contribution in [3.05, 3.63) is 0 Å². The summed E-state index contributed by atoms with van der Waals surface area (Å²) >= 11 is 5.56. The third-order valence-corrected chi connectivity index (χ3v) is 1.17. The topological polar surface area (TPSA) is 26.0 Å². The molecule has 1 aliphatic rings. The fourth-order valence-electron chi connectivity index (χ4n) is 0.547. The summed E-state index contributed by atoms with van der Waals surface area (Å²) < 4.78 is 0. The monoisotopic (exact) mass is 119 g/mol. The van der Waals surface area contributed by atoms with Crippen LogP contribution in [-0.4, -0.2) is 24.8 Å². The minimum atomic E-state index is 0.807. The van der Waals surface area contributed by atoms with Gasteiger partial charge >= 0.3 is 0 Å². The molecule has 0 aromatic heterocycles. The third-order valence-electron chi connectivity index (χ3n) is 0.899. The highest BCUT2D eigenvalue weighted by molar-refractivity contribution is 6.64. The van der Waals surface area contributed by atoms with Crippen molar-refractivity contribution in [1.82, 2.24) is 5.32 Å². The molecule has 0 amide bonds. The van der Waals surface area contributed by atoms with E-state index in [0.29, 0.717) is 0 Å². The first-order valence-corrected chi connectivity index (χ1v) is 2.73. The number of rotatable bonds is 0. The Labute approximate surface area is 47.6 Å². The molecular weight excluding hydrogens is 112 g/mol. The number of nitrogens with one attached hydrogen (secondary N) is 2. The molecule has 0 unspecified atom stereocenters. The Morgan fingerprint density at radius 3 is 2.86 bits per heavy atom. The molecule has 1 rings (SSSR count). The van der Waals surface area contributed by atoms with Gasteiger partial charge in [0.2, 0.25) is 0 Å². The van der Waals surface area contributed by atoms with Gasteiger partial charge in [-0.2, -0.15) is 0 Å². The number of hydrogen-bond donors (Lipinski definition) is 2. The summed E-state index contributed by atoms with van der Waals surface area (Å²) in [6.07, 6.45) is 0. The van der Waals surface area contributed by atoms with E-state index in [-0.39, 0.29) is 0 Å². The lowest BCUT2D eigenvalue weighted by atomic mass is 10.5. The third kappa shape index (κ3) is 1.45. The highest BCUT2D eigenvalue weighted by atomic mass is 35.5. The second-order valence-corrected chi connectivity index (χ2v) is 1.96. The fraction of sp³-hybridized carbons (Fsp3) is 0.750. The molecule has 1 aliphatic heterocycles. The van der Waals surface area contributed by atoms with Gasteiger partial charge in [0.1, 0.15) is 0 Å². The maximum atomic E-state index is 5.56. The molecule has 0 aromatic carbocycles. The van der Waals surface area contributed by atoms with E-state index in [0.717, 1.165) is 24.8 Å². The van der Waals surface area contributed by atoms with E-state index in [1.807, 2.05) is 0 Å². The minimum Gasteiger partial charge on any atom is -0.301 e. The van der Waals surface area contributed by atoms with Gasteiger partial charge in [0, 0.05) is 0 Å². The average Bonchev–Trinajstić information content (AvgIpc) is 1.69. The van der Waals surface area contributed by atoms with Crippen LogP contribution in [0.5, 0.6) is 0 Å². The van der Waals surface area contributed by atoms with E-state index < -0.39 is 0 Å². The van der Waals surface area contributed by atoms with Crippen molar-refractivity contribution in [3.8, 4) is 0 Å². The average molecular weight is 120 g/mol. The van der Waals surface area contributed by atoms with Crippen LogP contribution in [-0.2, 0) is 0 Å². The van der Waals surface area contributed by atoms with Gasteiger partial charge in [0.25, 0.3) is 5.17 Å². The van der Waals surface area contributed by atoms with Crippen molar-refractivity contribution in [3.63, 3.8) is 0 Å². The smallest absolute Gasteiger partial charge is 0.257 e. The Morgan fingerprint density at radius 1 is 1.71 bits per heavy atom. The molecule has 0 aliphatic carbocycles. The molecule has 2 N–H and O–H groups in total. The van der Waals surface area contributed by atoms with Gasteiger partial charge < -0.3 is 5.32 Å². The zero-order valence-corrected chi connectivity index (χ0v) is 4.76. The van der Waals surface area contributed by atoms with Crippen molar-refractivity contribution in [2.75, 3.05) is 19.6 Å². The second-order valence-electron chi connectivity index (χ2n) is 1.51. The van der Waals surface area contributed by atoms with Crippen LogP contribution in [0.3, 0.4) is 0 Å². The summed E-state index contributed by atoms with van der Waals surface area (Å²) in [5.74, 6) is 0. The normalized spacial score (nSPS) is 21.6. The van der Waals surface area contributed by atoms with E-state index >= 15 is 0 Å². The second kappa shape index (κ2) is 2.28. The summed E-state index contributed by atoms with van der Waals surface area (Å²) in [5.41, 5.74) is 0. The lowest BCUT2D eigenvalue weighted by molar-refractivity contribution is -0.457. The highest BCUT2D eigenvalue weighted by Gasteiger charge is 2.04. The minimum absolute atomic E-state index is 0.807. The highest BCUT2D eigenvalue weighted by Crippen LogP contribution is 1.72. The number of hydrogen-bond acceptors (Lipinski definition) is 1. The summed E-state index contributed by atoms with van der Waals surface area (Å²) in [7, 11) is 0. The Hall–Kier alpha value is -0.0800. The van der Waals surface area contributed by atoms with Crippen LogP contribution in [0.15, 0.2) is 0 Å². The lowest BCUT2D eigenvalue weighted by Gasteiger charge is -2.00. The van der Waals surface area contributed by atoms with Gasteiger partial charge in [-0.15, -0.1) is 0 Å². The van der Waals surface area contributed by atoms with Crippen LogP contribution in [0.4, 0.5) is 0 Å². The van der Waals surface area contributed by atoms with E-state index in [4.69, 9.17) is 11.6 Å². The van der Waals surface area contributed by atoms with Crippen molar-refractivity contribution in [1.29, 1.82) is 0 Å². The molecular formula is C4H8ClN2+. The van der Waals surface area contributed by atoms with Crippen molar-refractivity contribution in [2.45, 2.75) is 0 Å². The zero-order chi connectivity index (χ0) is 5.11. The first-order chi connectivity index (χ1) is 3.39. The van der Waals surface area contributed by atoms with Crippen LogP contribution in [0.2, 0.25) is 0 Å². The standard InChI is InChI=1S/C4H7ClN2/c5-4-3-6-1-2-7-4/h6H,1-3H2/p+1. The molecule has 0 bridgehead atoms. The van der Waals surface area contributed by atoms with Crippen molar-refractivity contribution >= 4 is 16.8 Å². The number of halogens is 1. The van der Waals surface area contributed by atoms with E-state index in [1.54, 1.807) is 0 Å². The largest absolute Gasteiger partial charge is 0.301 e. The molecule has 40 valence electrons. The van der Waals surface area contributed by atoms with Gasteiger partial charge in [0.15, 0.2) is 6.54 Å². The predicted octanol–water partition coefficient (Wildman–Crippen LogP) is -1.69. The van der Waals surface area contributed by atoms with E-state index in [1.165, 1.54) is 0 Å². The molecule has 2 nitrogen and oxygen atoms in total. The van der Waals surface area contributed by atoms with Gasteiger partial charge in [-0.05, 0) is 11.6 Å². The van der Waals surface area contributed by atoms with Crippen molar-refractivity contribution in [2.24, 2.45) is 0 Å². The summed E-state index contributed by atoms with van der Waals surface area (Å²) in [4.78, 5) is 3.00. The van der Waals surface area contributed by atoms with Gasteiger partial charge in [0.05, 0.1) is 13.1 Å². The van der Waals surface area contributed by atoms with E-state index in [2.05, 4.69) is 10.3 Å². The molecule has 0 spiro atoms. The Kier molecular flexibility index (Phi) is 1.65. The van der Waals surface area contributed by atoms with Crippen molar-refractivity contribution < 1.29 is 4.99 Å². The molecule has 0 saturated carbocycles. The molecule has 1 heterocycles. The van der Waals surface area contributed by atoms with Gasteiger partial charge in [-0.3, -0.25) is 0 Å². The van der Waals surface area contributed by atoms with Crippen LogP contribution >= 0.6 is 11.6 Å². The van der Waals surface area contributed by atoms with Crippen LogP contribution in [0, 0.1) is 0 Å². The Balaban J connectivity index is 2.40. The van der Waals surface area contributed by atoms with Gasteiger partial charge in [-0.1, -0.05) is 0 Å². The quantitative estimate of drug-likeness (QED) is 0.391. The van der Waals surface area contributed by atoms with E-state index in [9.17, 15) is 0 Å². The van der Waals surface area contributed by atoms with Crippen LogP contribution in [0.1, 0.15) is 0 Å². The maximum absolute atomic E-state index is 5.56. The summed E-state index contributed by atoms with van der Waals surface area (Å²) in [6.45, 7) is 2.79. The molecule has 7 heavy (non-hydrogen) atoms. The Morgan fingerprint density at radius 2 is 2.57 bits per heavy atom. The van der Waals surface area contributed by atoms with Gasteiger partial charge in [-0.25, -0.2) is 4.99 Å². The summed E-state index contributed by atoms with van der Waals surface area (Å²) in [5, 5.41) is 3.93. The molecule has 3 heteroatoms. The Bertz CT molecular complexity index is 89.7. The lowest BCUT2D eigenvalue weighted by Crippen LogP contribution is -2.78.